The van der Waals surface area contributed by atoms with Crippen LogP contribution in [0.3, 0.4) is 0 Å². The van der Waals surface area contributed by atoms with Crippen molar-refractivity contribution < 1.29 is 26.5 Å². The van der Waals surface area contributed by atoms with Crippen LogP contribution in [-0.4, -0.2) is 28.8 Å². The van der Waals surface area contributed by atoms with Crippen molar-refractivity contribution in [3.05, 3.63) is 29.8 Å². The Hall–Kier alpha value is 0.226. The smallest absolute Gasteiger partial charge is 1.00 e. The molecule has 72 valence electrons. The van der Waals surface area contributed by atoms with Crippen molar-refractivity contribution in [3.63, 3.8) is 0 Å². The maximum Gasteiger partial charge on any atom is 2.00 e. The van der Waals surface area contributed by atoms with Gasteiger partial charge >= 0.3 is 23.1 Å². The summed E-state index contributed by atoms with van der Waals surface area (Å²) in [6.45, 7) is 4.43. The average molecular weight is 267 g/mol. The second-order valence-electron chi connectivity index (χ2n) is 3.32. The second kappa shape index (κ2) is 5.35. The molecule has 0 aromatic heterocycles. The van der Waals surface area contributed by atoms with E-state index in [1.165, 1.54) is 0 Å². The molecule has 2 nitrogen and oxygen atoms in total. The van der Waals surface area contributed by atoms with E-state index in [1.54, 1.807) is 0 Å². The zero-order valence-electron chi connectivity index (χ0n) is 8.34. The molecule has 1 heterocycles. The van der Waals surface area contributed by atoms with Crippen LogP contribution in [0.5, 0.6) is 5.75 Å². The SMILES string of the molecule is CC1(C)OCc2c[c-]ccc2O1.[Br-].[Mg+2]. The van der Waals surface area contributed by atoms with Gasteiger partial charge in [0.1, 0.15) is 0 Å². The van der Waals surface area contributed by atoms with Crippen LogP contribution in [0.2, 0.25) is 0 Å². The molecule has 0 spiro atoms. The Morgan fingerprint density at radius 2 is 2.14 bits per heavy atom. The topological polar surface area (TPSA) is 18.5 Å². The maximum atomic E-state index is 5.58. The Bertz CT molecular complexity index is 302. The van der Waals surface area contributed by atoms with Gasteiger partial charge in [0.05, 0.1) is 0 Å². The average Bonchev–Trinajstić information content (AvgIpc) is 2.02. The van der Waals surface area contributed by atoms with Gasteiger partial charge < -0.3 is 26.5 Å². The van der Waals surface area contributed by atoms with Gasteiger partial charge in [-0.3, -0.25) is 0 Å². The van der Waals surface area contributed by atoms with Crippen molar-refractivity contribution in [3.8, 4) is 5.75 Å². The van der Waals surface area contributed by atoms with Crippen LogP contribution in [0.25, 0.3) is 0 Å². The summed E-state index contributed by atoms with van der Waals surface area (Å²) in [5.41, 5.74) is 1.07. The first kappa shape index (κ1) is 14.2. The number of hydrogen-bond acceptors (Lipinski definition) is 2. The van der Waals surface area contributed by atoms with E-state index in [1.807, 2.05) is 32.0 Å². The normalized spacial score (nSPS) is 16.7. The van der Waals surface area contributed by atoms with Gasteiger partial charge in [0, 0.05) is 26.2 Å². The van der Waals surface area contributed by atoms with Crippen LogP contribution >= 0.6 is 0 Å². The number of fused-ring (bicyclic) bond motifs is 1. The minimum atomic E-state index is -0.492. The van der Waals surface area contributed by atoms with E-state index in [2.05, 4.69) is 6.07 Å². The molecule has 0 N–H and O–H groups in total. The van der Waals surface area contributed by atoms with Crippen LogP contribution in [0, 0.1) is 6.07 Å². The third-order valence-corrected chi connectivity index (χ3v) is 1.84. The molecule has 0 unspecified atom stereocenters. The molecule has 0 atom stereocenters. The van der Waals surface area contributed by atoms with E-state index >= 15 is 0 Å². The van der Waals surface area contributed by atoms with Gasteiger partial charge in [0.25, 0.3) is 0 Å². The van der Waals surface area contributed by atoms with Crippen molar-refractivity contribution in [2.75, 3.05) is 0 Å². The van der Waals surface area contributed by atoms with Gasteiger partial charge in [-0.05, 0) is 0 Å². The number of hydrogen-bond donors (Lipinski definition) is 0. The minimum absolute atomic E-state index is 0. The summed E-state index contributed by atoms with van der Waals surface area (Å²) >= 11 is 0. The molecule has 14 heavy (non-hydrogen) atoms. The van der Waals surface area contributed by atoms with Crippen molar-refractivity contribution in [1.29, 1.82) is 0 Å². The van der Waals surface area contributed by atoms with Gasteiger partial charge in [-0.15, -0.1) is 6.07 Å². The van der Waals surface area contributed by atoms with Crippen molar-refractivity contribution >= 4 is 23.1 Å². The molecule has 0 bridgehead atoms. The zero-order valence-corrected chi connectivity index (χ0v) is 11.3. The van der Waals surface area contributed by atoms with Gasteiger partial charge in [0.15, 0.2) is 0 Å². The first-order valence-electron chi connectivity index (χ1n) is 3.99. The van der Waals surface area contributed by atoms with E-state index in [4.69, 9.17) is 9.47 Å². The molecule has 0 aliphatic carbocycles. The Balaban J connectivity index is 0.000000845. The zero-order chi connectivity index (χ0) is 8.60. The molecule has 1 aromatic carbocycles. The van der Waals surface area contributed by atoms with Gasteiger partial charge in [0.2, 0.25) is 5.79 Å². The summed E-state index contributed by atoms with van der Waals surface area (Å²) in [4.78, 5) is 0. The van der Waals surface area contributed by atoms with E-state index in [9.17, 15) is 0 Å². The molecule has 1 aliphatic rings. The first-order chi connectivity index (χ1) is 5.67. The molecule has 0 saturated heterocycles. The standard InChI is InChI=1S/C10H11O2.BrH.Mg/c1-10(2)11-7-8-5-3-4-6-9(8)12-10;;/h4-6H,7H2,1-2H3;1H;/q-1;;+2/p-1. The van der Waals surface area contributed by atoms with Crippen LogP contribution in [-0.2, 0) is 11.3 Å². The van der Waals surface area contributed by atoms with Gasteiger partial charge in [-0.2, -0.15) is 18.2 Å². The summed E-state index contributed by atoms with van der Waals surface area (Å²) in [6, 6.07) is 8.65. The fourth-order valence-electron chi connectivity index (χ4n) is 1.21. The summed E-state index contributed by atoms with van der Waals surface area (Å²) in [5, 5.41) is 0. The molecule has 0 saturated carbocycles. The Labute approximate surface area is 111 Å². The molecule has 1 aromatic rings. The summed E-state index contributed by atoms with van der Waals surface area (Å²) in [6.07, 6.45) is 0. The fourth-order valence-corrected chi connectivity index (χ4v) is 1.21. The third-order valence-electron chi connectivity index (χ3n) is 1.84. The van der Waals surface area contributed by atoms with Crippen molar-refractivity contribution in [2.24, 2.45) is 0 Å². The predicted molar refractivity (Wildman–Crippen MR) is 50.5 cm³/mol. The Morgan fingerprint density at radius 3 is 2.86 bits per heavy atom. The molecule has 0 fully saturated rings. The van der Waals surface area contributed by atoms with Gasteiger partial charge in [-0.1, -0.05) is 5.56 Å². The summed E-state index contributed by atoms with van der Waals surface area (Å²) in [7, 11) is 0. The van der Waals surface area contributed by atoms with Crippen LogP contribution < -0.4 is 21.7 Å². The number of rotatable bonds is 0. The third kappa shape index (κ3) is 3.12. The minimum Gasteiger partial charge on any atom is -1.00 e. The molecule has 0 radical (unpaired) electrons. The number of halogens is 1. The molecule has 2 rings (SSSR count). The number of benzene rings is 1. The summed E-state index contributed by atoms with van der Waals surface area (Å²) in [5.74, 6) is 0.416. The molecular formula is C10H11BrMgO2. The van der Waals surface area contributed by atoms with E-state index < -0.39 is 5.79 Å². The predicted octanol–water partition coefficient (Wildman–Crippen LogP) is -1.24. The largest absolute Gasteiger partial charge is 2.00 e. The van der Waals surface area contributed by atoms with E-state index in [-0.39, 0.29) is 40.0 Å². The Morgan fingerprint density at radius 1 is 1.43 bits per heavy atom. The van der Waals surface area contributed by atoms with E-state index in [0.29, 0.717) is 6.61 Å². The first-order valence-corrected chi connectivity index (χ1v) is 3.99. The fraction of sp³-hybridized carbons (Fsp3) is 0.400. The quantitative estimate of drug-likeness (QED) is 0.432. The van der Waals surface area contributed by atoms with Crippen LogP contribution in [0.15, 0.2) is 18.2 Å². The summed E-state index contributed by atoms with van der Waals surface area (Å²) < 4.78 is 11.0. The van der Waals surface area contributed by atoms with Crippen LogP contribution in [0.1, 0.15) is 19.4 Å². The molecule has 0 amide bonds. The monoisotopic (exact) mass is 266 g/mol. The van der Waals surface area contributed by atoms with Crippen LogP contribution in [0.4, 0.5) is 0 Å². The maximum absolute atomic E-state index is 5.58. The molecule has 1 aliphatic heterocycles. The Kier molecular flexibility index (Phi) is 5.43. The number of ether oxygens (including phenoxy) is 2. The van der Waals surface area contributed by atoms with Gasteiger partial charge in [-0.25, -0.2) is 0 Å². The second-order valence-corrected chi connectivity index (χ2v) is 3.32. The molecule has 4 heteroatoms. The van der Waals surface area contributed by atoms with Crippen molar-refractivity contribution in [1.82, 2.24) is 0 Å². The van der Waals surface area contributed by atoms with Crippen molar-refractivity contribution in [2.45, 2.75) is 26.2 Å². The van der Waals surface area contributed by atoms with E-state index in [0.717, 1.165) is 11.3 Å². The molecular weight excluding hydrogens is 256 g/mol.